The SMILES string of the molecule is Cc1ccc(Cl)cc1CN1CCNc2ncc(-c3ccc(C(=O)N4CCC5(CC4)C(=O)NCN5c4ccccc4)cc3)cc21. The third-order valence-electron chi connectivity index (χ3n) is 9.30. The van der Waals surface area contributed by atoms with Crippen LogP contribution in [0.15, 0.2) is 85.1 Å². The van der Waals surface area contributed by atoms with E-state index in [0.717, 1.165) is 53.0 Å². The molecule has 3 aromatic carbocycles. The number of amides is 2. The van der Waals surface area contributed by atoms with Crippen molar-refractivity contribution in [3.8, 4) is 11.1 Å². The second-order valence-electron chi connectivity index (χ2n) is 11.8. The van der Waals surface area contributed by atoms with Crippen LogP contribution in [0.25, 0.3) is 11.1 Å². The van der Waals surface area contributed by atoms with Crippen LogP contribution in [0, 0.1) is 6.92 Å². The van der Waals surface area contributed by atoms with Crippen molar-refractivity contribution in [1.82, 2.24) is 15.2 Å². The lowest BCUT2D eigenvalue weighted by molar-refractivity contribution is -0.124. The number of hydrogen-bond acceptors (Lipinski definition) is 6. The van der Waals surface area contributed by atoms with Crippen molar-refractivity contribution < 1.29 is 9.59 Å². The van der Waals surface area contributed by atoms with Gasteiger partial charge < -0.3 is 25.3 Å². The van der Waals surface area contributed by atoms with Crippen LogP contribution in [0.1, 0.15) is 34.3 Å². The first-order chi connectivity index (χ1) is 21.4. The van der Waals surface area contributed by atoms with Crippen LogP contribution >= 0.6 is 11.6 Å². The minimum Gasteiger partial charge on any atom is -0.367 e. The predicted molar refractivity (Wildman–Crippen MR) is 175 cm³/mol. The van der Waals surface area contributed by atoms with Gasteiger partial charge in [-0.3, -0.25) is 9.59 Å². The summed E-state index contributed by atoms with van der Waals surface area (Å²) in [5.74, 6) is 0.913. The van der Waals surface area contributed by atoms with Crippen molar-refractivity contribution in [2.75, 3.05) is 48.0 Å². The molecule has 4 aromatic rings. The molecule has 4 heterocycles. The molecule has 2 fully saturated rings. The van der Waals surface area contributed by atoms with E-state index in [9.17, 15) is 9.59 Å². The number of pyridine rings is 1. The number of rotatable bonds is 5. The molecule has 0 saturated carbocycles. The highest BCUT2D eigenvalue weighted by molar-refractivity contribution is 6.30. The molecular formula is C35H35ClN6O2. The van der Waals surface area contributed by atoms with Gasteiger partial charge in [-0.1, -0.05) is 48.0 Å². The van der Waals surface area contributed by atoms with E-state index in [1.165, 1.54) is 11.1 Å². The quantitative estimate of drug-likeness (QED) is 0.303. The van der Waals surface area contributed by atoms with Gasteiger partial charge in [0, 0.05) is 60.8 Å². The number of aromatic nitrogens is 1. The minimum atomic E-state index is -0.615. The lowest BCUT2D eigenvalue weighted by Gasteiger charge is -2.43. The van der Waals surface area contributed by atoms with Crippen molar-refractivity contribution in [2.45, 2.75) is 31.8 Å². The van der Waals surface area contributed by atoms with E-state index < -0.39 is 5.54 Å². The first-order valence-corrected chi connectivity index (χ1v) is 15.5. The van der Waals surface area contributed by atoms with Gasteiger partial charge in [0.15, 0.2) is 0 Å². The zero-order chi connectivity index (χ0) is 30.3. The van der Waals surface area contributed by atoms with Gasteiger partial charge in [-0.2, -0.15) is 0 Å². The summed E-state index contributed by atoms with van der Waals surface area (Å²) in [6.07, 6.45) is 3.07. The maximum absolute atomic E-state index is 13.5. The lowest BCUT2D eigenvalue weighted by atomic mass is 9.85. The van der Waals surface area contributed by atoms with Gasteiger partial charge in [0.1, 0.15) is 11.4 Å². The molecule has 1 aromatic heterocycles. The van der Waals surface area contributed by atoms with E-state index >= 15 is 0 Å². The van der Waals surface area contributed by atoms with Gasteiger partial charge in [-0.25, -0.2) is 4.98 Å². The summed E-state index contributed by atoms with van der Waals surface area (Å²) in [5, 5.41) is 7.19. The van der Waals surface area contributed by atoms with Gasteiger partial charge in [-0.05, 0) is 78.9 Å². The summed E-state index contributed by atoms with van der Waals surface area (Å²) in [4.78, 5) is 37.6. The first kappa shape index (κ1) is 28.2. The number of anilines is 3. The molecule has 224 valence electrons. The van der Waals surface area contributed by atoms with E-state index in [0.29, 0.717) is 38.2 Å². The Kier molecular flexibility index (Phi) is 7.38. The average Bonchev–Trinajstić information content (AvgIpc) is 3.37. The van der Waals surface area contributed by atoms with Gasteiger partial charge in [0.25, 0.3) is 5.91 Å². The largest absolute Gasteiger partial charge is 0.367 e. The molecule has 7 rings (SSSR count). The van der Waals surface area contributed by atoms with Crippen molar-refractivity contribution in [3.05, 3.63) is 107 Å². The Hall–Kier alpha value is -4.56. The molecule has 44 heavy (non-hydrogen) atoms. The molecule has 3 aliphatic rings. The third kappa shape index (κ3) is 5.13. The highest BCUT2D eigenvalue weighted by Crippen LogP contribution is 2.37. The van der Waals surface area contributed by atoms with Gasteiger partial charge in [0.05, 0.1) is 12.4 Å². The number of fused-ring (bicyclic) bond motifs is 1. The van der Waals surface area contributed by atoms with Gasteiger partial charge in [-0.15, -0.1) is 0 Å². The summed E-state index contributed by atoms with van der Waals surface area (Å²) in [6, 6.07) is 26.0. The fourth-order valence-electron chi connectivity index (χ4n) is 6.70. The number of nitrogens with zero attached hydrogens (tertiary/aromatic N) is 4. The number of likely N-dealkylation sites (tertiary alicyclic amines) is 1. The predicted octanol–water partition coefficient (Wildman–Crippen LogP) is 5.71. The Balaban J connectivity index is 1.05. The molecule has 8 nitrogen and oxygen atoms in total. The molecule has 1 spiro atoms. The molecule has 0 atom stereocenters. The normalized spacial score (nSPS) is 17.3. The first-order valence-electron chi connectivity index (χ1n) is 15.2. The molecule has 0 aliphatic carbocycles. The van der Waals surface area contributed by atoms with Crippen LogP contribution in [-0.2, 0) is 11.3 Å². The van der Waals surface area contributed by atoms with Crippen molar-refractivity contribution in [1.29, 1.82) is 0 Å². The van der Waals surface area contributed by atoms with E-state index in [-0.39, 0.29) is 11.8 Å². The Morgan fingerprint density at radius 1 is 0.932 bits per heavy atom. The second-order valence-corrected chi connectivity index (χ2v) is 12.3. The summed E-state index contributed by atoms with van der Waals surface area (Å²) in [5.41, 5.74) is 6.51. The summed E-state index contributed by atoms with van der Waals surface area (Å²) in [6.45, 7) is 6.09. The molecule has 0 radical (unpaired) electrons. The molecule has 0 unspecified atom stereocenters. The number of benzene rings is 3. The fourth-order valence-corrected chi connectivity index (χ4v) is 6.89. The van der Waals surface area contributed by atoms with Crippen molar-refractivity contribution >= 4 is 40.6 Å². The summed E-state index contributed by atoms with van der Waals surface area (Å²) < 4.78 is 0. The maximum Gasteiger partial charge on any atom is 0.253 e. The molecule has 9 heteroatoms. The zero-order valence-electron chi connectivity index (χ0n) is 24.7. The zero-order valence-corrected chi connectivity index (χ0v) is 25.5. The number of piperidine rings is 1. The third-order valence-corrected chi connectivity index (χ3v) is 9.54. The average molecular weight is 607 g/mol. The van der Waals surface area contributed by atoms with Crippen LogP contribution in [0.4, 0.5) is 17.2 Å². The topological polar surface area (TPSA) is 80.8 Å². The fraction of sp³-hybridized carbons (Fsp3) is 0.286. The molecule has 2 amide bonds. The van der Waals surface area contributed by atoms with Crippen LogP contribution in [0.3, 0.4) is 0 Å². The smallest absolute Gasteiger partial charge is 0.253 e. The number of para-hydroxylation sites is 1. The van der Waals surface area contributed by atoms with E-state index in [4.69, 9.17) is 16.6 Å². The minimum absolute atomic E-state index is 0.00750. The molecule has 0 bridgehead atoms. The van der Waals surface area contributed by atoms with Crippen molar-refractivity contribution in [3.63, 3.8) is 0 Å². The van der Waals surface area contributed by atoms with Crippen LogP contribution in [-0.4, -0.2) is 60.1 Å². The van der Waals surface area contributed by atoms with Gasteiger partial charge >= 0.3 is 0 Å². The van der Waals surface area contributed by atoms with Crippen LogP contribution in [0.5, 0.6) is 0 Å². The molecule has 3 aliphatic heterocycles. The van der Waals surface area contributed by atoms with Crippen LogP contribution < -0.4 is 20.4 Å². The Morgan fingerprint density at radius 3 is 2.48 bits per heavy atom. The Bertz CT molecular complexity index is 1700. The molecular weight excluding hydrogens is 572 g/mol. The second kappa shape index (κ2) is 11.5. The van der Waals surface area contributed by atoms with Crippen molar-refractivity contribution in [2.24, 2.45) is 0 Å². The highest BCUT2D eigenvalue weighted by atomic mass is 35.5. The number of nitrogens with one attached hydrogen (secondary N) is 2. The number of carbonyl (C=O) groups excluding carboxylic acids is 2. The monoisotopic (exact) mass is 606 g/mol. The molecule has 2 saturated heterocycles. The summed E-state index contributed by atoms with van der Waals surface area (Å²) >= 11 is 6.30. The lowest BCUT2D eigenvalue weighted by Crippen LogP contribution is -2.57. The number of hydrogen-bond donors (Lipinski definition) is 2. The van der Waals surface area contributed by atoms with E-state index in [1.807, 2.05) is 77.8 Å². The highest BCUT2D eigenvalue weighted by Gasteiger charge is 2.50. The molecule has 2 N–H and O–H groups in total. The number of carbonyl (C=O) groups is 2. The van der Waals surface area contributed by atoms with Crippen LogP contribution in [0.2, 0.25) is 5.02 Å². The summed E-state index contributed by atoms with van der Waals surface area (Å²) in [7, 11) is 0. The van der Waals surface area contributed by atoms with E-state index in [2.05, 4.69) is 39.5 Å². The standard InChI is InChI=1S/C35H35ClN6O2/c1-24-7-12-29(36)19-28(24)22-41-18-15-37-32-31(41)20-27(21-38-32)25-8-10-26(11-9-25)33(43)40-16-13-35(14-17-40)34(44)39-23-42(35)30-5-3-2-4-6-30/h2-12,19-21H,13-18,22-23H2,1H3,(H,37,38)(H,39,44). The van der Waals surface area contributed by atoms with E-state index in [1.54, 1.807) is 0 Å². The Labute approximate surface area is 262 Å². The Morgan fingerprint density at radius 2 is 1.70 bits per heavy atom. The maximum atomic E-state index is 13.5. The van der Waals surface area contributed by atoms with Gasteiger partial charge in [0.2, 0.25) is 5.91 Å². The number of halogens is 1. The number of aryl methyl sites for hydroxylation is 1.